The summed E-state index contributed by atoms with van der Waals surface area (Å²) in [5.41, 5.74) is 1.09. The van der Waals surface area contributed by atoms with Gasteiger partial charge in [0.1, 0.15) is 11.6 Å². The second-order valence-electron chi connectivity index (χ2n) is 6.02. The SMILES string of the molecule is O=c1c2ccccc2nc(-c2ccccc2Cl)n1Cc1c(F)cccc1Cl. The lowest BCUT2D eigenvalue weighted by Gasteiger charge is -2.16. The molecule has 0 aliphatic rings. The maximum Gasteiger partial charge on any atom is 0.261 e. The van der Waals surface area contributed by atoms with Crippen molar-refractivity contribution in [2.45, 2.75) is 6.54 Å². The molecule has 0 aliphatic heterocycles. The van der Waals surface area contributed by atoms with Crippen LogP contribution in [0.2, 0.25) is 10.0 Å². The Balaban J connectivity index is 2.03. The molecule has 134 valence electrons. The first kappa shape index (κ1) is 17.7. The lowest BCUT2D eigenvalue weighted by molar-refractivity contribution is 0.597. The molecule has 0 saturated heterocycles. The van der Waals surface area contributed by atoms with Gasteiger partial charge in [-0.2, -0.15) is 0 Å². The molecule has 0 radical (unpaired) electrons. The molecule has 0 saturated carbocycles. The molecule has 0 fully saturated rings. The maximum atomic E-state index is 14.3. The summed E-state index contributed by atoms with van der Waals surface area (Å²) in [4.78, 5) is 17.8. The summed E-state index contributed by atoms with van der Waals surface area (Å²) in [7, 11) is 0. The number of hydrogen-bond acceptors (Lipinski definition) is 2. The van der Waals surface area contributed by atoms with Crippen LogP contribution in [0.4, 0.5) is 4.39 Å². The van der Waals surface area contributed by atoms with Crippen LogP contribution in [0.3, 0.4) is 0 Å². The van der Waals surface area contributed by atoms with Crippen LogP contribution in [-0.2, 0) is 6.54 Å². The summed E-state index contributed by atoms with van der Waals surface area (Å²) in [5, 5.41) is 1.15. The minimum absolute atomic E-state index is 0.0528. The number of aromatic nitrogens is 2. The Kier molecular flexibility index (Phi) is 4.68. The summed E-state index contributed by atoms with van der Waals surface area (Å²) in [6, 6.07) is 18.6. The van der Waals surface area contributed by atoms with E-state index in [2.05, 4.69) is 4.98 Å². The first-order valence-corrected chi connectivity index (χ1v) is 8.99. The van der Waals surface area contributed by atoms with Crippen molar-refractivity contribution in [3.8, 4) is 11.4 Å². The van der Waals surface area contributed by atoms with E-state index in [0.717, 1.165) is 0 Å². The average molecular weight is 399 g/mol. The lowest BCUT2D eigenvalue weighted by atomic mass is 10.1. The molecule has 0 N–H and O–H groups in total. The zero-order valence-corrected chi connectivity index (χ0v) is 15.5. The van der Waals surface area contributed by atoms with Gasteiger partial charge in [0, 0.05) is 16.1 Å². The predicted octanol–water partition coefficient (Wildman–Crippen LogP) is 5.56. The monoisotopic (exact) mass is 398 g/mol. The summed E-state index contributed by atoms with van der Waals surface area (Å²) in [5.74, 6) is -0.115. The third kappa shape index (κ3) is 3.22. The highest BCUT2D eigenvalue weighted by molar-refractivity contribution is 6.33. The van der Waals surface area contributed by atoms with Gasteiger partial charge in [0.2, 0.25) is 0 Å². The average Bonchev–Trinajstić information content (AvgIpc) is 2.67. The highest BCUT2D eigenvalue weighted by atomic mass is 35.5. The normalized spacial score (nSPS) is 11.1. The molecule has 0 unspecified atom stereocenters. The van der Waals surface area contributed by atoms with Crippen molar-refractivity contribution in [1.82, 2.24) is 9.55 Å². The van der Waals surface area contributed by atoms with E-state index in [1.165, 1.54) is 16.7 Å². The van der Waals surface area contributed by atoms with Gasteiger partial charge < -0.3 is 0 Å². The van der Waals surface area contributed by atoms with Gasteiger partial charge in [0.25, 0.3) is 5.56 Å². The van der Waals surface area contributed by atoms with Crippen LogP contribution in [-0.4, -0.2) is 9.55 Å². The van der Waals surface area contributed by atoms with Gasteiger partial charge in [0.05, 0.1) is 22.5 Å². The molecule has 0 amide bonds. The number of halogens is 3. The fraction of sp³-hybridized carbons (Fsp3) is 0.0476. The summed E-state index contributed by atoms with van der Waals surface area (Å²) in [6.07, 6.45) is 0. The fourth-order valence-electron chi connectivity index (χ4n) is 3.00. The first-order chi connectivity index (χ1) is 13.1. The third-order valence-electron chi connectivity index (χ3n) is 4.35. The molecule has 27 heavy (non-hydrogen) atoms. The minimum Gasteiger partial charge on any atom is -0.287 e. The maximum absolute atomic E-state index is 14.3. The van der Waals surface area contributed by atoms with Gasteiger partial charge in [-0.1, -0.05) is 53.5 Å². The van der Waals surface area contributed by atoms with Crippen LogP contribution in [0.25, 0.3) is 22.3 Å². The van der Waals surface area contributed by atoms with Crippen molar-refractivity contribution in [2.24, 2.45) is 0 Å². The fourth-order valence-corrected chi connectivity index (χ4v) is 3.45. The molecule has 4 aromatic rings. The van der Waals surface area contributed by atoms with Gasteiger partial charge in [-0.15, -0.1) is 0 Å². The van der Waals surface area contributed by atoms with Gasteiger partial charge >= 0.3 is 0 Å². The molecule has 6 heteroatoms. The Morgan fingerprint density at radius 3 is 2.37 bits per heavy atom. The first-order valence-electron chi connectivity index (χ1n) is 8.23. The lowest BCUT2D eigenvalue weighted by Crippen LogP contribution is -2.24. The van der Waals surface area contributed by atoms with Crippen molar-refractivity contribution in [2.75, 3.05) is 0 Å². The topological polar surface area (TPSA) is 34.9 Å². The Labute approximate surface area is 164 Å². The van der Waals surface area contributed by atoms with E-state index in [1.54, 1.807) is 42.5 Å². The molecule has 3 aromatic carbocycles. The van der Waals surface area contributed by atoms with Crippen LogP contribution in [0.15, 0.2) is 71.5 Å². The van der Waals surface area contributed by atoms with Crippen LogP contribution >= 0.6 is 23.2 Å². The van der Waals surface area contributed by atoms with E-state index < -0.39 is 5.82 Å². The van der Waals surface area contributed by atoms with E-state index in [4.69, 9.17) is 23.2 Å². The standard InChI is InChI=1S/C21H13Cl2FN2O/c22-16-8-3-1-6-13(16)20-25-19-11-4-2-7-14(19)21(27)26(20)12-15-17(23)9-5-10-18(15)24/h1-11H,12H2. The number of para-hydroxylation sites is 1. The van der Waals surface area contributed by atoms with E-state index in [9.17, 15) is 9.18 Å². The highest BCUT2D eigenvalue weighted by Crippen LogP contribution is 2.28. The third-order valence-corrected chi connectivity index (χ3v) is 5.04. The number of nitrogens with zero attached hydrogens (tertiary/aromatic N) is 2. The molecule has 0 spiro atoms. The highest BCUT2D eigenvalue weighted by Gasteiger charge is 2.17. The van der Waals surface area contributed by atoms with E-state index in [-0.39, 0.29) is 22.7 Å². The summed E-state index contributed by atoms with van der Waals surface area (Å²) >= 11 is 12.5. The van der Waals surface area contributed by atoms with Gasteiger partial charge in [0.15, 0.2) is 0 Å². The largest absolute Gasteiger partial charge is 0.287 e. The van der Waals surface area contributed by atoms with Crippen LogP contribution in [0.1, 0.15) is 5.56 Å². The molecule has 0 atom stereocenters. The Hall–Kier alpha value is -2.69. The molecular weight excluding hydrogens is 386 g/mol. The Bertz CT molecular complexity index is 1200. The van der Waals surface area contributed by atoms with Gasteiger partial charge in [-0.25, -0.2) is 9.37 Å². The number of fused-ring (bicyclic) bond motifs is 1. The van der Waals surface area contributed by atoms with Crippen molar-refractivity contribution in [3.05, 3.63) is 98.5 Å². The summed E-state index contributed by atoms with van der Waals surface area (Å²) < 4.78 is 15.8. The van der Waals surface area contributed by atoms with Crippen molar-refractivity contribution in [3.63, 3.8) is 0 Å². The number of rotatable bonds is 3. The molecule has 1 aromatic heterocycles. The molecule has 4 rings (SSSR count). The van der Waals surface area contributed by atoms with Crippen LogP contribution in [0, 0.1) is 5.82 Å². The Morgan fingerprint density at radius 2 is 1.59 bits per heavy atom. The van der Waals surface area contributed by atoms with E-state index in [0.29, 0.717) is 27.3 Å². The Morgan fingerprint density at radius 1 is 0.889 bits per heavy atom. The zero-order chi connectivity index (χ0) is 19.0. The zero-order valence-electron chi connectivity index (χ0n) is 14.0. The second kappa shape index (κ2) is 7.14. The smallest absolute Gasteiger partial charge is 0.261 e. The molecule has 3 nitrogen and oxygen atoms in total. The van der Waals surface area contributed by atoms with Crippen molar-refractivity contribution < 1.29 is 4.39 Å². The van der Waals surface area contributed by atoms with Gasteiger partial charge in [-0.3, -0.25) is 9.36 Å². The minimum atomic E-state index is -0.479. The van der Waals surface area contributed by atoms with Crippen molar-refractivity contribution >= 4 is 34.1 Å². The quantitative estimate of drug-likeness (QED) is 0.452. The van der Waals surface area contributed by atoms with E-state index in [1.807, 2.05) is 12.1 Å². The van der Waals surface area contributed by atoms with Crippen molar-refractivity contribution in [1.29, 1.82) is 0 Å². The second-order valence-corrected chi connectivity index (χ2v) is 6.84. The molecular formula is C21H13Cl2FN2O. The number of benzene rings is 3. The van der Waals surface area contributed by atoms with Crippen LogP contribution in [0.5, 0.6) is 0 Å². The molecule has 0 bridgehead atoms. The van der Waals surface area contributed by atoms with Gasteiger partial charge in [-0.05, 0) is 36.4 Å². The van der Waals surface area contributed by atoms with E-state index >= 15 is 0 Å². The summed E-state index contributed by atoms with van der Waals surface area (Å²) in [6.45, 7) is -0.0528. The molecule has 0 aliphatic carbocycles. The molecule has 1 heterocycles. The number of hydrogen-bond donors (Lipinski definition) is 0. The predicted molar refractivity (Wildman–Crippen MR) is 107 cm³/mol. The van der Waals surface area contributed by atoms with Crippen LogP contribution < -0.4 is 5.56 Å².